The Bertz CT molecular complexity index is 854. The number of hydrogen-bond acceptors (Lipinski definition) is 4. The molecule has 0 N–H and O–H groups in total. The highest BCUT2D eigenvalue weighted by molar-refractivity contribution is 5.97. The maximum Gasteiger partial charge on any atom is 0.338 e. The van der Waals surface area contributed by atoms with Gasteiger partial charge in [0.15, 0.2) is 0 Å². The highest BCUT2D eigenvalue weighted by Crippen LogP contribution is 2.30. The van der Waals surface area contributed by atoms with Gasteiger partial charge in [0.25, 0.3) is 0 Å². The van der Waals surface area contributed by atoms with Crippen LogP contribution in [-0.2, 0) is 20.8 Å². The van der Waals surface area contributed by atoms with Crippen LogP contribution >= 0.6 is 0 Å². The summed E-state index contributed by atoms with van der Waals surface area (Å²) in [5.74, 6) is 0.419. The molecule has 0 aromatic heterocycles. The molecule has 0 amide bonds. The normalized spacial score (nSPS) is 15.5. The fourth-order valence-electron chi connectivity index (χ4n) is 4.62. The first-order valence-corrected chi connectivity index (χ1v) is 12.1. The van der Waals surface area contributed by atoms with Gasteiger partial charge < -0.3 is 14.2 Å². The van der Waals surface area contributed by atoms with Gasteiger partial charge >= 0.3 is 5.97 Å². The van der Waals surface area contributed by atoms with E-state index in [1.165, 1.54) is 39.2 Å². The number of ether oxygens (including phenoxy) is 3. The summed E-state index contributed by atoms with van der Waals surface area (Å²) >= 11 is 0. The van der Waals surface area contributed by atoms with Crippen LogP contribution in [0.25, 0.3) is 11.1 Å². The minimum absolute atomic E-state index is 0.104. The lowest BCUT2D eigenvalue weighted by molar-refractivity contribution is -0.0380. The predicted octanol–water partition coefficient (Wildman–Crippen LogP) is 6.73. The molecular weight excluding hydrogens is 400 g/mol. The summed E-state index contributed by atoms with van der Waals surface area (Å²) in [6.07, 6.45) is 8.83. The van der Waals surface area contributed by atoms with Crippen LogP contribution in [0, 0.1) is 12.8 Å². The van der Waals surface area contributed by atoms with Crippen molar-refractivity contribution in [2.75, 3.05) is 20.3 Å². The molecule has 0 radical (unpaired) electrons. The number of hydrogen-bond donors (Lipinski definition) is 0. The number of methoxy groups -OCH3 is 1. The third kappa shape index (κ3) is 6.91. The minimum Gasteiger partial charge on any atom is -0.465 e. The Labute approximate surface area is 193 Å². The van der Waals surface area contributed by atoms with Crippen molar-refractivity contribution in [2.24, 2.45) is 5.92 Å². The van der Waals surface area contributed by atoms with Crippen LogP contribution in [0.15, 0.2) is 42.5 Å². The quantitative estimate of drug-likeness (QED) is 0.288. The number of carbonyl (C=O) groups excluding carboxylic acids is 1. The van der Waals surface area contributed by atoms with E-state index in [9.17, 15) is 4.79 Å². The van der Waals surface area contributed by atoms with Crippen LogP contribution in [-0.4, -0.2) is 32.4 Å². The van der Waals surface area contributed by atoms with Crippen molar-refractivity contribution in [3.05, 3.63) is 59.2 Å². The fourth-order valence-corrected chi connectivity index (χ4v) is 4.62. The molecule has 1 saturated carbocycles. The van der Waals surface area contributed by atoms with Crippen LogP contribution < -0.4 is 0 Å². The molecule has 0 saturated heterocycles. The molecule has 3 rings (SSSR count). The predicted molar refractivity (Wildman–Crippen MR) is 129 cm³/mol. The topological polar surface area (TPSA) is 44.8 Å². The second-order valence-electron chi connectivity index (χ2n) is 8.93. The lowest BCUT2D eigenvalue weighted by Gasteiger charge is -2.27. The molecule has 2 aromatic rings. The van der Waals surface area contributed by atoms with Crippen molar-refractivity contribution >= 4 is 5.97 Å². The van der Waals surface area contributed by atoms with Crippen LogP contribution in [0.2, 0.25) is 0 Å². The fraction of sp³-hybridized carbons (Fsp3) is 0.536. The number of carbonyl (C=O) groups is 1. The van der Waals surface area contributed by atoms with Gasteiger partial charge in [-0.1, -0.05) is 69.4 Å². The molecule has 0 heterocycles. The van der Waals surface area contributed by atoms with Gasteiger partial charge in [0, 0.05) is 6.61 Å². The molecule has 4 nitrogen and oxygen atoms in total. The molecule has 1 fully saturated rings. The Kier molecular flexibility index (Phi) is 9.76. The number of benzene rings is 2. The molecule has 0 spiro atoms. The maximum absolute atomic E-state index is 12.4. The summed E-state index contributed by atoms with van der Waals surface area (Å²) in [6, 6.07) is 14.0. The monoisotopic (exact) mass is 438 g/mol. The highest BCUT2D eigenvalue weighted by atomic mass is 16.5. The van der Waals surface area contributed by atoms with Crippen molar-refractivity contribution in [2.45, 2.75) is 71.5 Å². The summed E-state index contributed by atoms with van der Waals surface area (Å²) in [4.78, 5) is 12.4. The number of rotatable bonds is 11. The maximum atomic E-state index is 12.4. The smallest absolute Gasteiger partial charge is 0.338 e. The van der Waals surface area contributed by atoms with Crippen LogP contribution in [0.3, 0.4) is 0 Å². The molecule has 1 atom stereocenters. The van der Waals surface area contributed by atoms with E-state index in [1.807, 2.05) is 30.3 Å². The Morgan fingerprint density at radius 2 is 1.84 bits per heavy atom. The Morgan fingerprint density at radius 3 is 2.56 bits per heavy atom. The highest BCUT2D eigenvalue weighted by Gasteiger charge is 2.21. The summed E-state index contributed by atoms with van der Waals surface area (Å²) in [6.45, 7) is 6.12. The number of aryl methyl sites for hydroxylation is 1. The number of esters is 1. The summed E-state index contributed by atoms with van der Waals surface area (Å²) in [5.41, 5.74) is 4.69. The average Bonchev–Trinajstić information content (AvgIpc) is 2.83. The van der Waals surface area contributed by atoms with E-state index >= 15 is 0 Å². The van der Waals surface area contributed by atoms with Gasteiger partial charge in [-0.25, -0.2) is 4.79 Å². The Hall–Kier alpha value is -2.17. The van der Waals surface area contributed by atoms with Gasteiger partial charge in [-0.3, -0.25) is 0 Å². The first-order chi connectivity index (χ1) is 15.6. The van der Waals surface area contributed by atoms with Crippen LogP contribution in [0.5, 0.6) is 0 Å². The summed E-state index contributed by atoms with van der Waals surface area (Å²) < 4.78 is 17.3. The second-order valence-corrected chi connectivity index (χ2v) is 8.93. The summed E-state index contributed by atoms with van der Waals surface area (Å²) in [5, 5.41) is 0. The SMILES string of the molecule is CCCOC[C@H](CC1CCCCC1)OCc1ccc(C(=O)OC)c(-c2ccccc2C)c1. The van der Waals surface area contributed by atoms with E-state index in [0.29, 0.717) is 18.8 Å². The molecule has 0 bridgehead atoms. The lowest BCUT2D eigenvalue weighted by Crippen LogP contribution is -2.24. The largest absolute Gasteiger partial charge is 0.465 e. The van der Waals surface area contributed by atoms with Gasteiger partial charge in [0.2, 0.25) is 0 Å². The van der Waals surface area contributed by atoms with Crippen molar-refractivity contribution in [3.63, 3.8) is 0 Å². The van der Waals surface area contributed by atoms with E-state index in [1.54, 1.807) is 0 Å². The Morgan fingerprint density at radius 1 is 1.06 bits per heavy atom. The minimum atomic E-state index is -0.320. The molecule has 4 heteroatoms. The molecule has 0 aliphatic heterocycles. The van der Waals surface area contributed by atoms with Crippen LogP contribution in [0.4, 0.5) is 0 Å². The van der Waals surface area contributed by atoms with Crippen molar-refractivity contribution in [1.82, 2.24) is 0 Å². The van der Waals surface area contributed by atoms with Gasteiger partial charge in [0.1, 0.15) is 0 Å². The molecule has 32 heavy (non-hydrogen) atoms. The van der Waals surface area contributed by atoms with Gasteiger partial charge in [0.05, 0.1) is 32.0 Å². The van der Waals surface area contributed by atoms with Gasteiger partial charge in [-0.2, -0.15) is 0 Å². The van der Waals surface area contributed by atoms with E-state index < -0.39 is 0 Å². The molecular formula is C28H38O4. The van der Waals surface area contributed by atoms with Gasteiger partial charge in [-0.15, -0.1) is 0 Å². The first kappa shape index (κ1) is 24.5. The van der Waals surface area contributed by atoms with Crippen molar-refractivity contribution < 1.29 is 19.0 Å². The molecule has 174 valence electrons. The zero-order chi connectivity index (χ0) is 22.8. The standard InChI is InChI=1S/C28H38O4/c1-4-16-31-20-24(17-22-11-6-5-7-12-22)32-19-23-14-15-26(28(29)30-3)27(18-23)25-13-9-8-10-21(25)2/h8-10,13-15,18,22,24H,4-7,11-12,16-17,19-20H2,1-3H3/t24-/m0/s1. The second kappa shape index (κ2) is 12.8. The van der Waals surface area contributed by atoms with Crippen molar-refractivity contribution in [3.8, 4) is 11.1 Å². The van der Waals surface area contributed by atoms with E-state index in [-0.39, 0.29) is 12.1 Å². The lowest BCUT2D eigenvalue weighted by atomic mass is 9.85. The van der Waals surface area contributed by atoms with E-state index in [4.69, 9.17) is 14.2 Å². The third-order valence-electron chi connectivity index (χ3n) is 6.38. The molecule has 1 aliphatic rings. The van der Waals surface area contributed by atoms with Gasteiger partial charge in [-0.05, 0) is 60.1 Å². The molecule has 1 aliphatic carbocycles. The summed E-state index contributed by atoms with van der Waals surface area (Å²) in [7, 11) is 1.42. The van der Waals surface area contributed by atoms with Crippen LogP contribution in [0.1, 0.15) is 73.4 Å². The van der Waals surface area contributed by atoms with Crippen molar-refractivity contribution in [1.29, 1.82) is 0 Å². The molecule has 2 aromatic carbocycles. The Balaban J connectivity index is 1.76. The third-order valence-corrected chi connectivity index (χ3v) is 6.38. The zero-order valence-corrected chi connectivity index (χ0v) is 19.9. The first-order valence-electron chi connectivity index (χ1n) is 12.1. The zero-order valence-electron chi connectivity index (χ0n) is 19.9. The molecule has 0 unspecified atom stereocenters. The van der Waals surface area contributed by atoms with E-state index in [0.717, 1.165) is 47.6 Å². The average molecular weight is 439 g/mol. The van der Waals surface area contributed by atoms with E-state index in [2.05, 4.69) is 26.0 Å².